The van der Waals surface area contributed by atoms with Gasteiger partial charge in [0.25, 0.3) is 0 Å². The number of hydrogen-bond donors (Lipinski definition) is 1. The van der Waals surface area contributed by atoms with E-state index in [-0.39, 0.29) is 0 Å². The highest BCUT2D eigenvalue weighted by Gasteiger charge is 2.08. The van der Waals surface area contributed by atoms with Crippen molar-refractivity contribution in [1.82, 2.24) is 4.98 Å². The Labute approximate surface area is 120 Å². The average molecular weight is 293 g/mol. The van der Waals surface area contributed by atoms with Gasteiger partial charge in [0.05, 0.1) is 11.3 Å². The number of rotatable bonds is 5. The van der Waals surface area contributed by atoms with Crippen LogP contribution in [0.25, 0.3) is 10.6 Å². The number of thiazole rings is 1. The van der Waals surface area contributed by atoms with Gasteiger partial charge in [-0.2, -0.15) is 0 Å². The first-order valence-electron chi connectivity index (χ1n) is 5.59. The Morgan fingerprint density at radius 1 is 1.37 bits per heavy atom. The monoisotopic (exact) mass is 293 g/mol. The first-order valence-corrected chi connectivity index (χ1v) is 6.83. The molecule has 1 heterocycles. The second-order valence-corrected chi connectivity index (χ2v) is 4.85. The fraction of sp³-hybridized carbons (Fsp3) is 0.154. The zero-order valence-electron chi connectivity index (χ0n) is 9.91. The molecule has 0 fully saturated rings. The first-order chi connectivity index (χ1) is 9.24. The summed E-state index contributed by atoms with van der Waals surface area (Å²) in [6.07, 6.45) is 2.02. The van der Waals surface area contributed by atoms with Gasteiger partial charge in [0, 0.05) is 30.3 Å². The number of benzene rings is 1. The molecule has 0 spiro atoms. The minimum atomic E-state index is -0.485. The quantitative estimate of drug-likeness (QED) is 0.523. The van der Waals surface area contributed by atoms with E-state index in [2.05, 4.69) is 22.1 Å². The number of aryl methyl sites for hydroxylation is 1. The van der Waals surface area contributed by atoms with E-state index >= 15 is 0 Å². The second-order valence-electron chi connectivity index (χ2n) is 3.81. The van der Waals surface area contributed by atoms with Gasteiger partial charge in [-0.1, -0.05) is 12.1 Å². The maximum atomic E-state index is 11.2. The van der Waals surface area contributed by atoms with E-state index in [0.717, 1.165) is 22.6 Å². The molecule has 4 nitrogen and oxygen atoms in total. The van der Waals surface area contributed by atoms with Gasteiger partial charge in [-0.3, -0.25) is 0 Å². The van der Waals surface area contributed by atoms with Crippen LogP contribution in [0.1, 0.15) is 22.5 Å². The van der Waals surface area contributed by atoms with Gasteiger partial charge < -0.3 is 8.98 Å². The fourth-order valence-electron chi connectivity index (χ4n) is 1.56. The van der Waals surface area contributed by atoms with Gasteiger partial charge in [-0.25, -0.2) is 9.78 Å². The number of carbonyl (C=O) groups is 2. The van der Waals surface area contributed by atoms with E-state index < -0.39 is 5.97 Å². The lowest BCUT2D eigenvalue weighted by atomic mass is 10.1. The standard InChI is InChI=1S/C13H11NO3S2/c15-7-1-2-11-8-19-12(14-11)9-3-5-10(6-4-9)13(16)17-18/h3-8,18H,1-2H2. The van der Waals surface area contributed by atoms with E-state index in [1.165, 1.54) is 11.3 Å². The van der Waals surface area contributed by atoms with Crippen LogP contribution in [-0.4, -0.2) is 17.2 Å². The zero-order valence-corrected chi connectivity index (χ0v) is 11.6. The van der Waals surface area contributed by atoms with Crippen LogP contribution < -0.4 is 0 Å². The molecule has 98 valence electrons. The molecule has 1 aromatic carbocycles. The Morgan fingerprint density at radius 3 is 2.74 bits per heavy atom. The second kappa shape index (κ2) is 6.49. The fourth-order valence-corrected chi connectivity index (χ4v) is 2.53. The minimum absolute atomic E-state index is 0.441. The van der Waals surface area contributed by atoms with Crippen molar-refractivity contribution in [2.75, 3.05) is 0 Å². The Kier molecular flexibility index (Phi) is 4.70. The van der Waals surface area contributed by atoms with E-state index in [1.807, 2.05) is 17.5 Å². The highest BCUT2D eigenvalue weighted by molar-refractivity contribution is 7.75. The molecule has 0 unspecified atom stereocenters. The predicted octanol–water partition coefficient (Wildman–Crippen LogP) is 2.94. The molecule has 0 radical (unpaired) electrons. The zero-order chi connectivity index (χ0) is 13.7. The Balaban J connectivity index is 2.15. The van der Waals surface area contributed by atoms with Crippen molar-refractivity contribution in [2.45, 2.75) is 12.8 Å². The van der Waals surface area contributed by atoms with Crippen LogP contribution in [0.15, 0.2) is 29.6 Å². The van der Waals surface area contributed by atoms with Gasteiger partial charge >= 0.3 is 5.97 Å². The van der Waals surface area contributed by atoms with Crippen LogP contribution in [0.2, 0.25) is 0 Å². The molecule has 0 bridgehead atoms. The molecule has 19 heavy (non-hydrogen) atoms. The number of aromatic nitrogens is 1. The molecule has 0 atom stereocenters. The molecule has 1 aromatic heterocycles. The number of hydrogen-bond acceptors (Lipinski definition) is 6. The summed E-state index contributed by atoms with van der Waals surface area (Å²) in [4.78, 5) is 26.0. The van der Waals surface area contributed by atoms with Crippen LogP contribution in [-0.2, 0) is 15.4 Å². The largest absolute Gasteiger partial charge is 0.391 e. The van der Waals surface area contributed by atoms with E-state index in [1.54, 1.807) is 12.1 Å². The van der Waals surface area contributed by atoms with Crippen LogP contribution >= 0.6 is 24.2 Å². The van der Waals surface area contributed by atoms with Crippen molar-refractivity contribution >= 4 is 36.5 Å². The maximum absolute atomic E-state index is 11.2. The highest BCUT2D eigenvalue weighted by Crippen LogP contribution is 2.24. The molecule has 2 rings (SSSR count). The van der Waals surface area contributed by atoms with Crippen molar-refractivity contribution in [3.05, 3.63) is 40.9 Å². The smallest absolute Gasteiger partial charge is 0.349 e. The van der Waals surface area contributed by atoms with Crippen molar-refractivity contribution in [1.29, 1.82) is 0 Å². The summed E-state index contributed by atoms with van der Waals surface area (Å²) in [7, 11) is 0. The van der Waals surface area contributed by atoms with Crippen molar-refractivity contribution in [3.63, 3.8) is 0 Å². The number of nitrogens with zero attached hydrogens (tertiary/aromatic N) is 1. The van der Waals surface area contributed by atoms with E-state index in [4.69, 9.17) is 0 Å². The Bertz CT molecular complexity index is 578. The summed E-state index contributed by atoms with van der Waals surface area (Å²) < 4.78 is 4.34. The lowest BCUT2D eigenvalue weighted by molar-refractivity contribution is -0.107. The summed E-state index contributed by atoms with van der Waals surface area (Å²) in [6, 6.07) is 6.95. The Hall–Kier alpha value is -1.66. The van der Waals surface area contributed by atoms with Gasteiger partial charge in [-0.05, 0) is 18.6 Å². The molecular weight excluding hydrogens is 282 g/mol. The summed E-state index contributed by atoms with van der Waals surface area (Å²) in [5.41, 5.74) is 2.28. The molecular formula is C13H11NO3S2. The molecule has 2 aromatic rings. The summed E-state index contributed by atoms with van der Waals surface area (Å²) in [5.74, 6) is -0.485. The third kappa shape index (κ3) is 3.42. The van der Waals surface area contributed by atoms with Gasteiger partial charge in [0.2, 0.25) is 0 Å². The lowest BCUT2D eigenvalue weighted by Crippen LogP contribution is -1.97. The van der Waals surface area contributed by atoms with Crippen molar-refractivity contribution in [2.24, 2.45) is 0 Å². The van der Waals surface area contributed by atoms with Crippen LogP contribution in [0.3, 0.4) is 0 Å². The number of aldehydes is 1. The van der Waals surface area contributed by atoms with Crippen molar-refractivity contribution < 1.29 is 13.8 Å². The van der Waals surface area contributed by atoms with Crippen LogP contribution in [0.4, 0.5) is 0 Å². The molecule has 0 aliphatic rings. The average Bonchev–Trinajstić information content (AvgIpc) is 2.93. The third-order valence-corrected chi connectivity index (χ3v) is 3.63. The molecule has 6 heteroatoms. The molecule has 0 saturated carbocycles. The SMILES string of the molecule is O=CCCc1csc(-c2ccc(C(=O)OS)cc2)n1. The maximum Gasteiger partial charge on any atom is 0.349 e. The highest BCUT2D eigenvalue weighted by atomic mass is 32.1. The van der Waals surface area contributed by atoms with E-state index in [9.17, 15) is 9.59 Å². The Morgan fingerprint density at radius 2 is 2.11 bits per heavy atom. The lowest BCUT2D eigenvalue weighted by Gasteiger charge is -1.99. The van der Waals surface area contributed by atoms with Gasteiger partial charge in [0.1, 0.15) is 11.3 Å². The summed E-state index contributed by atoms with van der Waals surface area (Å²) in [5, 5.41) is 2.81. The van der Waals surface area contributed by atoms with Crippen LogP contribution in [0.5, 0.6) is 0 Å². The molecule has 0 N–H and O–H groups in total. The minimum Gasteiger partial charge on any atom is -0.391 e. The van der Waals surface area contributed by atoms with Crippen LogP contribution in [0, 0.1) is 0 Å². The first kappa shape index (κ1) is 13.8. The molecule has 0 amide bonds. The summed E-state index contributed by atoms with van der Waals surface area (Å²) >= 11 is 4.99. The van der Waals surface area contributed by atoms with Gasteiger partial charge in [-0.15, -0.1) is 11.3 Å². The topological polar surface area (TPSA) is 56.3 Å². The number of thiol groups is 1. The van der Waals surface area contributed by atoms with Crippen molar-refractivity contribution in [3.8, 4) is 10.6 Å². The normalized spacial score (nSPS) is 10.2. The number of carbonyl (C=O) groups excluding carboxylic acids is 2. The predicted molar refractivity (Wildman–Crippen MR) is 76.3 cm³/mol. The molecule has 0 aliphatic heterocycles. The molecule has 0 aliphatic carbocycles. The molecule has 0 saturated heterocycles. The van der Waals surface area contributed by atoms with E-state index in [0.29, 0.717) is 18.4 Å². The van der Waals surface area contributed by atoms with Gasteiger partial charge in [0.15, 0.2) is 0 Å². The third-order valence-electron chi connectivity index (χ3n) is 2.52. The summed E-state index contributed by atoms with van der Waals surface area (Å²) in [6.45, 7) is 0.